The fourth-order valence-electron chi connectivity index (χ4n) is 5.38. The van der Waals surface area contributed by atoms with E-state index in [0.29, 0.717) is 23.7 Å². The van der Waals surface area contributed by atoms with E-state index >= 15 is 0 Å². The summed E-state index contributed by atoms with van der Waals surface area (Å²) in [5.41, 5.74) is 2.47. The van der Waals surface area contributed by atoms with E-state index in [0.717, 1.165) is 11.5 Å². The van der Waals surface area contributed by atoms with Crippen molar-refractivity contribution in [3.05, 3.63) is 29.3 Å². The van der Waals surface area contributed by atoms with Crippen LogP contribution in [0.3, 0.4) is 0 Å². The summed E-state index contributed by atoms with van der Waals surface area (Å²) in [5, 5.41) is 9.64. The van der Waals surface area contributed by atoms with Crippen molar-refractivity contribution >= 4 is 5.78 Å². The van der Waals surface area contributed by atoms with E-state index in [1.165, 1.54) is 37.7 Å². The Labute approximate surface area is 162 Å². The zero-order valence-electron chi connectivity index (χ0n) is 12.6. The molecule has 0 aromatic heterocycles. The average Bonchev–Trinajstić information content (AvgIpc) is 2.81. The molecule has 0 heterocycles. The minimum absolute atomic E-state index is 0. The molecule has 4 unspecified atom stereocenters. The van der Waals surface area contributed by atoms with Gasteiger partial charge in [-0.3, -0.25) is 4.79 Å². The van der Waals surface area contributed by atoms with Gasteiger partial charge in [-0.05, 0) is 66.5 Å². The van der Waals surface area contributed by atoms with Crippen LogP contribution in [0, 0.1) is 61.3 Å². The SMILES string of the molecule is CC12CCCC1C1CC(=O)c3cc(O)ccc3C1CC2.[Ac]. The van der Waals surface area contributed by atoms with Crippen molar-refractivity contribution in [2.45, 2.75) is 51.4 Å². The van der Waals surface area contributed by atoms with Gasteiger partial charge < -0.3 is 5.11 Å². The molecule has 0 aliphatic heterocycles. The smallest absolute Gasteiger partial charge is 0.163 e. The van der Waals surface area contributed by atoms with Gasteiger partial charge >= 0.3 is 0 Å². The molecular formula is C18H22AcO2. The fraction of sp³-hybridized carbons (Fsp3) is 0.611. The van der Waals surface area contributed by atoms with Crippen LogP contribution in [0.4, 0.5) is 0 Å². The van der Waals surface area contributed by atoms with Gasteiger partial charge in [0.1, 0.15) is 5.75 Å². The minimum Gasteiger partial charge on any atom is -0.508 e. The van der Waals surface area contributed by atoms with Crippen molar-refractivity contribution < 1.29 is 54.0 Å². The summed E-state index contributed by atoms with van der Waals surface area (Å²) < 4.78 is 0. The summed E-state index contributed by atoms with van der Waals surface area (Å²) in [5.74, 6) is 2.28. The number of carbonyl (C=O) groups excluding carboxylic acids is 1. The standard InChI is InChI=1S/C18H22O2.Ac/c1-18-7-2-3-16(18)14-10-17(20)15-9-11(19)4-5-12(15)13(14)6-8-18;/h4-5,9,13-14,16,19H,2-3,6-8,10H2,1H3;. The molecule has 0 spiro atoms. The molecule has 3 aliphatic carbocycles. The second-order valence-corrected chi connectivity index (χ2v) is 7.36. The Morgan fingerprint density at radius 2 is 2.05 bits per heavy atom. The zero-order chi connectivity index (χ0) is 13.9. The third-order valence-corrected chi connectivity index (χ3v) is 6.38. The molecule has 3 aliphatic rings. The first-order valence-electron chi connectivity index (χ1n) is 7.95. The predicted molar refractivity (Wildman–Crippen MR) is 78.0 cm³/mol. The second-order valence-electron chi connectivity index (χ2n) is 7.36. The summed E-state index contributed by atoms with van der Waals surface area (Å²) >= 11 is 0. The molecule has 1 aromatic carbocycles. The number of benzene rings is 1. The summed E-state index contributed by atoms with van der Waals surface area (Å²) in [6.07, 6.45) is 7.19. The predicted octanol–water partition coefficient (Wildman–Crippen LogP) is 4.28. The Balaban J connectivity index is 0.00000132. The topological polar surface area (TPSA) is 37.3 Å². The van der Waals surface area contributed by atoms with Crippen molar-refractivity contribution in [1.29, 1.82) is 0 Å². The average molecular weight is 497 g/mol. The maximum atomic E-state index is 12.5. The van der Waals surface area contributed by atoms with Crippen LogP contribution >= 0.6 is 0 Å². The van der Waals surface area contributed by atoms with Crippen molar-refractivity contribution in [2.75, 3.05) is 0 Å². The number of hydrogen-bond acceptors (Lipinski definition) is 2. The van der Waals surface area contributed by atoms with Gasteiger partial charge in [-0.2, -0.15) is 0 Å². The molecule has 1 radical (unpaired) electrons. The Bertz CT molecular complexity index is 583. The monoisotopic (exact) mass is 497 g/mol. The number of phenolic OH excluding ortho intramolecular Hbond substituents is 1. The number of aromatic hydroxyl groups is 1. The summed E-state index contributed by atoms with van der Waals surface area (Å²) in [4.78, 5) is 12.5. The fourth-order valence-corrected chi connectivity index (χ4v) is 5.38. The molecule has 1 aromatic rings. The van der Waals surface area contributed by atoms with Gasteiger partial charge in [-0.25, -0.2) is 0 Å². The third kappa shape index (κ3) is 2.44. The molecular weight excluding hydrogens is 475 g/mol. The van der Waals surface area contributed by atoms with Crippen LogP contribution < -0.4 is 0 Å². The van der Waals surface area contributed by atoms with Crippen LogP contribution in [-0.4, -0.2) is 10.9 Å². The summed E-state index contributed by atoms with van der Waals surface area (Å²) in [7, 11) is 0. The van der Waals surface area contributed by atoms with Crippen LogP contribution in [-0.2, 0) is 0 Å². The Morgan fingerprint density at radius 3 is 2.86 bits per heavy atom. The van der Waals surface area contributed by atoms with Crippen LogP contribution in [0.5, 0.6) is 5.75 Å². The minimum atomic E-state index is 0. The Hall–Kier alpha value is 0.132. The molecule has 0 saturated heterocycles. The van der Waals surface area contributed by atoms with Crippen LogP contribution in [0.1, 0.15) is 67.3 Å². The van der Waals surface area contributed by atoms with E-state index in [4.69, 9.17) is 0 Å². The maximum absolute atomic E-state index is 12.5. The Morgan fingerprint density at radius 1 is 1.24 bits per heavy atom. The van der Waals surface area contributed by atoms with Crippen molar-refractivity contribution in [3.63, 3.8) is 0 Å². The zero-order valence-corrected chi connectivity index (χ0v) is 17.4. The largest absolute Gasteiger partial charge is 0.508 e. The van der Waals surface area contributed by atoms with E-state index in [1.54, 1.807) is 12.1 Å². The quantitative estimate of drug-likeness (QED) is 0.582. The van der Waals surface area contributed by atoms with Crippen LogP contribution in [0.2, 0.25) is 0 Å². The molecule has 4 atom stereocenters. The van der Waals surface area contributed by atoms with Crippen LogP contribution in [0.25, 0.3) is 0 Å². The van der Waals surface area contributed by atoms with Crippen molar-refractivity contribution in [1.82, 2.24) is 0 Å². The third-order valence-electron chi connectivity index (χ3n) is 6.38. The number of ketones is 1. The molecule has 4 rings (SSSR count). The van der Waals surface area contributed by atoms with E-state index in [1.807, 2.05) is 6.07 Å². The molecule has 1 N–H and O–H groups in total. The molecule has 2 saturated carbocycles. The second kappa shape index (κ2) is 5.64. The first kappa shape index (κ1) is 16.0. The molecule has 2 fully saturated rings. The first-order valence-corrected chi connectivity index (χ1v) is 7.95. The molecule has 21 heavy (non-hydrogen) atoms. The number of Topliss-reactive ketones (excluding diaryl/α,β-unsaturated/α-hetero) is 1. The summed E-state index contributed by atoms with van der Waals surface area (Å²) in [6, 6.07) is 5.42. The van der Waals surface area contributed by atoms with Crippen molar-refractivity contribution in [2.24, 2.45) is 17.3 Å². The van der Waals surface area contributed by atoms with Gasteiger partial charge in [0.25, 0.3) is 0 Å². The molecule has 109 valence electrons. The van der Waals surface area contributed by atoms with Crippen LogP contribution in [0.15, 0.2) is 18.2 Å². The number of fused-ring (bicyclic) bond motifs is 5. The number of rotatable bonds is 0. The number of carbonyl (C=O) groups is 1. The van der Waals surface area contributed by atoms with E-state index in [-0.39, 0.29) is 55.6 Å². The Kier molecular flexibility index (Phi) is 4.30. The summed E-state index contributed by atoms with van der Waals surface area (Å²) in [6.45, 7) is 2.44. The van der Waals surface area contributed by atoms with Gasteiger partial charge in [0.15, 0.2) is 5.78 Å². The number of phenols is 1. The van der Waals surface area contributed by atoms with E-state index in [2.05, 4.69) is 6.92 Å². The van der Waals surface area contributed by atoms with E-state index in [9.17, 15) is 9.90 Å². The number of hydrogen-bond donors (Lipinski definition) is 1. The van der Waals surface area contributed by atoms with Gasteiger partial charge in [0.2, 0.25) is 0 Å². The van der Waals surface area contributed by atoms with E-state index < -0.39 is 0 Å². The van der Waals surface area contributed by atoms with Gasteiger partial charge in [0, 0.05) is 56.0 Å². The molecule has 0 amide bonds. The molecule has 0 bridgehead atoms. The maximum Gasteiger partial charge on any atom is 0.163 e. The van der Waals surface area contributed by atoms with Gasteiger partial charge in [-0.1, -0.05) is 19.4 Å². The molecule has 3 heteroatoms. The van der Waals surface area contributed by atoms with Crippen molar-refractivity contribution in [3.8, 4) is 5.75 Å². The molecule has 2 nitrogen and oxygen atoms in total. The normalized spacial score (nSPS) is 37.2. The van der Waals surface area contributed by atoms with Gasteiger partial charge in [-0.15, -0.1) is 0 Å². The van der Waals surface area contributed by atoms with Gasteiger partial charge in [0.05, 0.1) is 0 Å². The first-order chi connectivity index (χ1) is 9.58.